The lowest BCUT2D eigenvalue weighted by atomic mass is 10.00. The second kappa shape index (κ2) is 5.93. The molecule has 4 nitrogen and oxygen atoms in total. The maximum Gasteiger partial charge on any atom is 0.410 e. The highest BCUT2D eigenvalue weighted by Crippen LogP contribution is 2.30. The third-order valence-electron chi connectivity index (χ3n) is 3.30. The van der Waals surface area contributed by atoms with Crippen molar-refractivity contribution in [2.24, 2.45) is 5.73 Å². The summed E-state index contributed by atoms with van der Waals surface area (Å²) in [5.41, 5.74) is 6.74. The van der Waals surface area contributed by atoms with Crippen LogP contribution in [0.2, 0.25) is 0 Å². The van der Waals surface area contributed by atoms with Crippen molar-refractivity contribution in [2.75, 3.05) is 6.54 Å². The molecule has 116 valence electrons. The Hall–Kier alpha value is -1.14. The fraction of sp³-hybridized carbons (Fsp3) is 0.533. The summed E-state index contributed by atoms with van der Waals surface area (Å²) in [6.45, 7) is 6.04. The molecule has 2 rings (SSSR count). The van der Waals surface area contributed by atoms with Crippen LogP contribution in [0, 0.1) is 5.82 Å². The molecule has 0 bridgehead atoms. The van der Waals surface area contributed by atoms with Gasteiger partial charge >= 0.3 is 6.09 Å². The minimum Gasteiger partial charge on any atom is -0.444 e. The van der Waals surface area contributed by atoms with Gasteiger partial charge in [0, 0.05) is 22.6 Å². The Bertz CT molecular complexity index is 557. The Morgan fingerprint density at radius 3 is 2.76 bits per heavy atom. The molecule has 1 aliphatic rings. The molecule has 0 aliphatic carbocycles. The van der Waals surface area contributed by atoms with Crippen molar-refractivity contribution < 1.29 is 13.9 Å². The molecule has 1 aromatic carbocycles. The van der Waals surface area contributed by atoms with E-state index in [2.05, 4.69) is 15.9 Å². The van der Waals surface area contributed by atoms with Crippen LogP contribution >= 0.6 is 15.9 Å². The molecule has 0 saturated carbocycles. The highest BCUT2D eigenvalue weighted by atomic mass is 79.9. The number of nitrogens with zero attached hydrogens (tertiary/aromatic N) is 1. The van der Waals surface area contributed by atoms with Crippen LogP contribution in [0.25, 0.3) is 0 Å². The minimum atomic E-state index is -0.577. The third-order valence-corrected chi connectivity index (χ3v) is 3.76. The van der Waals surface area contributed by atoms with Crippen molar-refractivity contribution in [1.82, 2.24) is 4.90 Å². The van der Waals surface area contributed by atoms with E-state index in [1.165, 1.54) is 11.0 Å². The minimum absolute atomic E-state index is 0.178. The SMILES string of the molecule is CC(C)(C)OC(=O)N1CC[C@@H](N)c2cc(Br)cc(F)c2C1. The lowest BCUT2D eigenvalue weighted by Gasteiger charge is -2.26. The van der Waals surface area contributed by atoms with Gasteiger partial charge in [-0.1, -0.05) is 15.9 Å². The van der Waals surface area contributed by atoms with E-state index in [9.17, 15) is 9.18 Å². The topological polar surface area (TPSA) is 55.6 Å². The van der Waals surface area contributed by atoms with E-state index in [0.29, 0.717) is 23.0 Å². The lowest BCUT2D eigenvalue weighted by Crippen LogP contribution is -2.36. The van der Waals surface area contributed by atoms with Crippen LogP contribution in [-0.2, 0) is 11.3 Å². The largest absolute Gasteiger partial charge is 0.444 e. The maximum atomic E-state index is 14.2. The van der Waals surface area contributed by atoms with E-state index in [4.69, 9.17) is 10.5 Å². The summed E-state index contributed by atoms with van der Waals surface area (Å²) in [5.74, 6) is -0.356. The Morgan fingerprint density at radius 1 is 1.48 bits per heavy atom. The molecule has 6 heteroatoms. The van der Waals surface area contributed by atoms with Gasteiger partial charge in [-0.2, -0.15) is 0 Å². The van der Waals surface area contributed by atoms with Crippen LogP contribution in [0.5, 0.6) is 0 Å². The molecule has 0 spiro atoms. The molecule has 0 unspecified atom stereocenters. The Balaban J connectivity index is 2.29. The zero-order valence-corrected chi connectivity index (χ0v) is 14.0. The first-order valence-corrected chi connectivity index (χ1v) is 7.68. The molecule has 0 radical (unpaired) electrons. The number of fused-ring (bicyclic) bond motifs is 1. The average Bonchev–Trinajstić information content (AvgIpc) is 2.48. The Kier molecular flexibility index (Phi) is 4.58. The summed E-state index contributed by atoms with van der Waals surface area (Å²) < 4.78 is 20.2. The number of benzene rings is 1. The van der Waals surface area contributed by atoms with Gasteiger partial charge in [0.2, 0.25) is 0 Å². The van der Waals surface area contributed by atoms with Crippen LogP contribution in [0.3, 0.4) is 0 Å². The molecular weight excluding hydrogens is 339 g/mol. The Morgan fingerprint density at radius 2 is 2.14 bits per heavy atom. The first-order valence-electron chi connectivity index (χ1n) is 6.88. The molecule has 1 aliphatic heterocycles. The normalized spacial score (nSPS) is 19.0. The van der Waals surface area contributed by atoms with Gasteiger partial charge in [-0.25, -0.2) is 9.18 Å². The summed E-state index contributed by atoms with van der Waals surface area (Å²) in [6, 6.07) is 2.92. The highest BCUT2D eigenvalue weighted by molar-refractivity contribution is 9.10. The van der Waals surface area contributed by atoms with Crippen molar-refractivity contribution >= 4 is 22.0 Å². The highest BCUT2D eigenvalue weighted by Gasteiger charge is 2.28. The van der Waals surface area contributed by atoms with E-state index in [1.807, 2.05) is 6.07 Å². The third kappa shape index (κ3) is 3.95. The summed E-state index contributed by atoms with van der Waals surface area (Å²) in [7, 11) is 0. The van der Waals surface area contributed by atoms with Gasteiger partial charge in [-0.15, -0.1) is 0 Å². The van der Waals surface area contributed by atoms with Crippen molar-refractivity contribution in [3.05, 3.63) is 33.5 Å². The van der Waals surface area contributed by atoms with E-state index in [-0.39, 0.29) is 18.4 Å². The summed E-state index contributed by atoms with van der Waals surface area (Å²) in [4.78, 5) is 13.7. The lowest BCUT2D eigenvalue weighted by molar-refractivity contribution is 0.0233. The molecule has 1 aromatic rings. The summed E-state index contributed by atoms with van der Waals surface area (Å²) in [5, 5.41) is 0. The standard InChI is InChI=1S/C15H20BrFN2O2/c1-15(2,3)21-14(20)19-5-4-13(18)10-6-9(16)7-12(17)11(10)8-19/h6-7,13H,4-5,8,18H2,1-3H3/t13-/m1/s1. The van der Waals surface area contributed by atoms with E-state index >= 15 is 0 Å². The number of amides is 1. The van der Waals surface area contributed by atoms with Crippen LogP contribution < -0.4 is 5.73 Å². The maximum absolute atomic E-state index is 14.2. The van der Waals surface area contributed by atoms with Crippen molar-refractivity contribution in [1.29, 1.82) is 0 Å². The van der Waals surface area contributed by atoms with E-state index < -0.39 is 11.7 Å². The van der Waals surface area contributed by atoms with Crippen molar-refractivity contribution in [3.8, 4) is 0 Å². The van der Waals surface area contributed by atoms with E-state index in [0.717, 1.165) is 5.56 Å². The number of rotatable bonds is 0. The summed E-state index contributed by atoms with van der Waals surface area (Å²) in [6.07, 6.45) is 0.132. The van der Waals surface area contributed by atoms with Gasteiger partial charge in [0.15, 0.2) is 0 Å². The number of carbonyl (C=O) groups excluding carboxylic acids is 1. The van der Waals surface area contributed by atoms with Crippen LogP contribution in [0.1, 0.15) is 44.4 Å². The second-order valence-corrected chi connectivity index (χ2v) is 7.17. The van der Waals surface area contributed by atoms with Gasteiger partial charge in [-0.3, -0.25) is 0 Å². The fourth-order valence-electron chi connectivity index (χ4n) is 2.32. The van der Waals surface area contributed by atoms with Crippen molar-refractivity contribution in [2.45, 2.75) is 45.4 Å². The number of nitrogens with two attached hydrogens (primary N) is 1. The average molecular weight is 359 g/mol. The first-order chi connectivity index (χ1) is 9.67. The molecule has 1 heterocycles. The number of hydrogen-bond donors (Lipinski definition) is 1. The fourth-order valence-corrected chi connectivity index (χ4v) is 2.77. The Labute approximate surface area is 132 Å². The van der Waals surface area contributed by atoms with Crippen LogP contribution in [0.15, 0.2) is 16.6 Å². The molecule has 2 N–H and O–H groups in total. The van der Waals surface area contributed by atoms with Gasteiger partial charge in [-0.05, 0) is 44.9 Å². The molecule has 1 atom stereocenters. The monoisotopic (exact) mass is 358 g/mol. The number of halogens is 2. The van der Waals surface area contributed by atoms with Crippen LogP contribution in [-0.4, -0.2) is 23.1 Å². The molecule has 21 heavy (non-hydrogen) atoms. The molecule has 0 aromatic heterocycles. The predicted molar refractivity (Wildman–Crippen MR) is 82.3 cm³/mol. The predicted octanol–water partition coefficient (Wildman–Crippen LogP) is 3.73. The zero-order chi connectivity index (χ0) is 15.8. The smallest absolute Gasteiger partial charge is 0.410 e. The van der Waals surface area contributed by atoms with Gasteiger partial charge in [0.1, 0.15) is 11.4 Å². The number of carbonyl (C=O) groups is 1. The van der Waals surface area contributed by atoms with Gasteiger partial charge in [0.25, 0.3) is 0 Å². The quantitative estimate of drug-likeness (QED) is 0.768. The van der Waals surface area contributed by atoms with E-state index in [1.54, 1.807) is 20.8 Å². The van der Waals surface area contributed by atoms with Crippen molar-refractivity contribution in [3.63, 3.8) is 0 Å². The molecule has 1 amide bonds. The van der Waals surface area contributed by atoms with Gasteiger partial charge < -0.3 is 15.4 Å². The molecule has 0 fully saturated rings. The molecule has 0 saturated heterocycles. The first kappa shape index (κ1) is 16.2. The van der Waals surface area contributed by atoms with Gasteiger partial charge in [0.05, 0.1) is 6.54 Å². The number of ether oxygens (including phenoxy) is 1. The summed E-state index contributed by atoms with van der Waals surface area (Å²) >= 11 is 3.28. The van der Waals surface area contributed by atoms with Crippen LogP contribution in [0.4, 0.5) is 9.18 Å². The number of hydrogen-bond acceptors (Lipinski definition) is 3. The molecular formula is C15H20BrFN2O2. The zero-order valence-electron chi connectivity index (χ0n) is 12.5. The second-order valence-electron chi connectivity index (χ2n) is 6.25.